The number of nitrogens with zero attached hydrogens (tertiary/aromatic N) is 4. The Hall–Kier alpha value is -0.890. The van der Waals surface area contributed by atoms with Gasteiger partial charge in [0.2, 0.25) is 11.8 Å². The molecule has 1 aromatic rings. The zero-order valence-corrected chi connectivity index (χ0v) is 17.8. The molecule has 4 rings (SSSR count). The Morgan fingerprint density at radius 3 is 2.52 bits per heavy atom. The summed E-state index contributed by atoms with van der Waals surface area (Å²) in [6.45, 7) is 9.63. The average Bonchev–Trinajstić information content (AvgIpc) is 3.13. The zero-order chi connectivity index (χ0) is 17.4. The van der Waals surface area contributed by atoms with Crippen molar-refractivity contribution in [3.63, 3.8) is 0 Å². The molecular weight excluding hydrogens is 389 g/mol. The maximum Gasteiger partial charge on any atom is 0.243 e. The number of aryl methyl sites for hydroxylation is 1. The van der Waals surface area contributed by atoms with Crippen LogP contribution in [-0.4, -0.2) is 65.1 Å². The average molecular weight is 420 g/mol. The molecule has 1 aromatic heterocycles. The molecule has 2 atom stereocenters. The van der Waals surface area contributed by atoms with E-state index in [0.29, 0.717) is 17.2 Å². The van der Waals surface area contributed by atoms with Gasteiger partial charge in [0.15, 0.2) is 5.82 Å². The molecule has 1 N–H and O–H groups in total. The van der Waals surface area contributed by atoms with Gasteiger partial charge in [-0.25, -0.2) is 0 Å². The smallest absolute Gasteiger partial charge is 0.243 e. The van der Waals surface area contributed by atoms with Crippen molar-refractivity contribution in [2.24, 2.45) is 11.3 Å². The van der Waals surface area contributed by atoms with Gasteiger partial charge in [-0.2, -0.15) is 4.98 Å². The third kappa shape index (κ3) is 4.42. The summed E-state index contributed by atoms with van der Waals surface area (Å²) >= 11 is 0. The van der Waals surface area contributed by atoms with Crippen LogP contribution in [0.2, 0.25) is 0 Å². The molecule has 2 unspecified atom stereocenters. The maximum absolute atomic E-state index is 12.9. The standard InChI is InChI=1S/C18H29N5O2.2ClH/c1-3-15-20-16(25-21-15)13(2)22-8-10-23(11-9-22)17(24)14-12-18(14)4-6-19-7-5-18;;/h13-14,19H,3-12H2,1-2H3;2*1H. The molecule has 3 aliphatic rings. The summed E-state index contributed by atoms with van der Waals surface area (Å²) < 4.78 is 5.38. The van der Waals surface area contributed by atoms with Crippen molar-refractivity contribution in [2.75, 3.05) is 39.3 Å². The number of piperazine rings is 1. The highest BCUT2D eigenvalue weighted by Crippen LogP contribution is 2.59. The number of hydrogen-bond acceptors (Lipinski definition) is 6. The Balaban J connectivity index is 0.00000131. The highest BCUT2D eigenvalue weighted by molar-refractivity contribution is 5.85. The second-order valence-electron chi connectivity index (χ2n) is 7.81. The van der Waals surface area contributed by atoms with Crippen molar-refractivity contribution in [3.8, 4) is 0 Å². The minimum Gasteiger partial charge on any atom is -0.340 e. The number of carbonyl (C=O) groups excluding carboxylic acids is 1. The van der Waals surface area contributed by atoms with Gasteiger partial charge in [-0.1, -0.05) is 12.1 Å². The lowest BCUT2D eigenvalue weighted by Crippen LogP contribution is -2.50. The lowest BCUT2D eigenvalue weighted by molar-refractivity contribution is -0.135. The van der Waals surface area contributed by atoms with Gasteiger partial charge in [0, 0.05) is 38.5 Å². The first kappa shape index (κ1) is 22.4. The van der Waals surface area contributed by atoms with Gasteiger partial charge < -0.3 is 14.7 Å². The first-order chi connectivity index (χ1) is 12.1. The second-order valence-corrected chi connectivity index (χ2v) is 7.81. The molecule has 0 bridgehead atoms. The largest absolute Gasteiger partial charge is 0.340 e. The van der Waals surface area contributed by atoms with Crippen LogP contribution < -0.4 is 5.32 Å². The molecule has 9 heteroatoms. The van der Waals surface area contributed by atoms with E-state index < -0.39 is 0 Å². The number of rotatable bonds is 4. The van der Waals surface area contributed by atoms with E-state index >= 15 is 0 Å². The molecule has 0 aromatic carbocycles. The summed E-state index contributed by atoms with van der Waals surface area (Å²) in [4.78, 5) is 21.7. The summed E-state index contributed by atoms with van der Waals surface area (Å²) in [6.07, 6.45) is 4.22. The molecule has 2 saturated heterocycles. The quantitative estimate of drug-likeness (QED) is 0.804. The van der Waals surface area contributed by atoms with Gasteiger partial charge in [0.1, 0.15) is 0 Å². The molecule has 154 valence electrons. The van der Waals surface area contributed by atoms with E-state index in [1.807, 2.05) is 6.92 Å². The number of nitrogens with one attached hydrogen (secondary N) is 1. The molecule has 1 aliphatic carbocycles. The monoisotopic (exact) mass is 419 g/mol. The first-order valence-electron chi connectivity index (χ1n) is 9.69. The van der Waals surface area contributed by atoms with Crippen LogP contribution >= 0.6 is 24.8 Å². The molecule has 1 spiro atoms. The van der Waals surface area contributed by atoms with Gasteiger partial charge in [-0.15, -0.1) is 24.8 Å². The topological polar surface area (TPSA) is 74.5 Å². The van der Waals surface area contributed by atoms with Gasteiger partial charge in [0.05, 0.1) is 6.04 Å². The molecule has 27 heavy (non-hydrogen) atoms. The summed E-state index contributed by atoms with van der Waals surface area (Å²) in [5.41, 5.74) is 0.326. The fourth-order valence-electron chi connectivity index (χ4n) is 4.46. The number of carbonyl (C=O) groups is 1. The number of piperidine rings is 1. The van der Waals surface area contributed by atoms with E-state index in [9.17, 15) is 4.79 Å². The van der Waals surface area contributed by atoms with Crippen LogP contribution in [0.3, 0.4) is 0 Å². The van der Waals surface area contributed by atoms with Crippen LogP contribution in [0.5, 0.6) is 0 Å². The van der Waals surface area contributed by atoms with Crippen molar-refractivity contribution < 1.29 is 9.32 Å². The van der Waals surface area contributed by atoms with Crippen molar-refractivity contribution in [1.82, 2.24) is 25.3 Å². The Labute approximate surface area is 173 Å². The fourth-order valence-corrected chi connectivity index (χ4v) is 4.46. The van der Waals surface area contributed by atoms with Crippen LogP contribution in [0.1, 0.15) is 50.9 Å². The van der Waals surface area contributed by atoms with Crippen LogP contribution in [0, 0.1) is 11.3 Å². The molecular formula is C18H31Cl2N5O2. The SMILES string of the molecule is CCc1noc(C(C)N2CCN(C(=O)C3CC34CCNCC4)CC2)n1.Cl.Cl. The minimum atomic E-state index is 0. The van der Waals surface area contributed by atoms with E-state index in [1.54, 1.807) is 0 Å². The summed E-state index contributed by atoms with van der Waals surface area (Å²) in [5, 5.41) is 7.40. The number of hydrogen-bond donors (Lipinski definition) is 1. The number of amides is 1. The predicted molar refractivity (Wildman–Crippen MR) is 107 cm³/mol. The Bertz CT molecular complexity index is 627. The van der Waals surface area contributed by atoms with Gasteiger partial charge in [-0.3, -0.25) is 9.69 Å². The van der Waals surface area contributed by atoms with Gasteiger partial charge in [0.25, 0.3) is 0 Å². The Morgan fingerprint density at radius 2 is 1.93 bits per heavy atom. The van der Waals surface area contributed by atoms with E-state index in [4.69, 9.17) is 4.52 Å². The van der Waals surface area contributed by atoms with Crippen molar-refractivity contribution in [2.45, 2.75) is 45.6 Å². The Kier molecular flexibility index (Phi) is 7.53. The molecule has 3 fully saturated rings. The summed E-state index contributed by atoms with van der Waals surface area (Å²) in [5.74, 6) is 2.12. The van der Waals surface area contributed by atoms with Crippen LogP contribution in [0.25, 0.3) is 0 Å². The van der Waals surface area contributed by atoms with Gasteiger partial charge in [-0.05, 0) is 44.7 Å². The summed E-state index contributed by atoms with van der Waals surface area (Å²) in [7, 11) is 0. The minimum absolute atomic E-state index is 0. The highest BCUT2D eigenvalue weighted by atomic mass is 35.5. The second kappa shape index (κ2) is 9.07. The Morgan fingerprint density at radius 1 is 1.26 bits per heavy atom. The number of halogens is 2. The van der Waals surface area contributed by atoms with Crippen molar-refractivity contribution >= 4 is 30.7 Å². The van der Waals surface area contributed by atoms with Crippen molar-refractivity contribution in [1.29, 1.82) is 0 Å². The van der Waals surface area contributed by atoms with Crippen molar-refractivity contribution in [3.05, 3.63) is 11.7 Å². The zero-order valence-electron chi connectivity index (χ0n) is 16.1. The van der Waals surface area contributed by atoms with Crippen LogP contribution in [0.4, 0.5) is 0 Å². The molecule has 0 radical (unpaired) electrons. The fraction of sp³-hybridized carbons (Fsp3) is 0.833. The van der Waals surface area contributed by atoms with E-state index in [2.05, 4.69) is 32.2 Å². The van der Waals surface area contributed by atoms with Crippen LogP contribution in [-0.2, 0) is 11.2 Å². The highest BCUT2D eigenvalue weighted by Gasteiger charge is 2.58. The molecule has 7 nitrogen and oxygen atoms in total. The first-order valence-corrected chi connectivity index (χ1v) is 9.69. The van der Waals surface area contributed by atoms with Gasteiger partial charge >= 0.3 is 0 Å². The lowest BCUT2D eigenvalue weighted by Gasteiger charge is -2.37. The van der Waals surface area contributed by atoms with E-state index in [0.717, 1.165) is 70.8 Å². The lowest BCUT2D eigenvalue weighted by atomic mass is 9.91. The normalized spacial score (nSPS) is 25.4. The number of aromatic nitrogens is 2. The van der Waals surface area contributed by atoms with E-state index in [1.165, 1.54) is 0 Å². The molecule has 1 saturated carbocycles. The third-order valence-electron chi connectivity index (χ3n) is 6.42. The molecule has 1 amide bonds. The summed E-state index contributed by atoms with van der Waals surface area (Å²) in [6, 6.07) is 0.113. The third-order valence-corrected chi connectivity index (χ3v) is 6.42. The van der Waals surface area contributed by atoms with E-state index in [-0.39, 0.29) is 36.8 Å². The molecule has 3 heterocycles. The van der Waals surface area contributed by atoms with Crippen LogP contribution in [0.15, 0.2) is 4.52 Å². The predicted octanol–water partition coefficient (Wildman–Crippen LogP) is 2.07. The molecule has 2 aliphatic heterocycles. The maximum atomic E-state index is 12.9.